The number of hydrogen-bond acceptors (Lipinski definition) is 5. The van der Waals surface area contributed by atoms with Gasteiger partial charge in [0, 0.05) is 6.92 Å². The van der Waals surface area contributed by atoms with Gasteiger partial charge in [-0.1, -0.05) is 6.92 Å². The second-order valence-corrected chi connectivity index (χ2v) is 4.62. The largest absolute Gasteiger partial charge is 0.486 e. The molecule has 2 rings (SSSR count). The number of ether oxygens (including phenoxy) is 3. The minimum Gasteiger partial charge on any atom is -0.486 e. The summed E-state index contributed by atoms with van der Waals surface area (Å²) < 4.78 is 15.9. The molecule has 0 saturated carbocycles. The molecule has 112 valence electrons. The summed E-state index contributed by atoms with van der Waals surface area (Å²) in [4.78, 5) is 23.1. The summed E-state index contributed by atoms with van der Waals surface area (Å²) in [5.41, 5.74) is 0.958. The Kier molecular flexibility index (Phi) is 4.62. The molecule has 0 amide bonds. The van der Waals surface area contributed by atoms with E-state index in [-0.39, 0.29) is 12.7 Å². The molecule has 0 saturated heterocycles. The molecule has 0 fully saturated rings. The van der Waals surface area contributed by atoms with E-state index in [1.54, 1.807) is 13.0 Å². The van der Waals surface area contributed by atoms with Crippen molar-refractivity contribution in [2.24, 2.45) is 0 Å². The number of carbonyl (C=O) groups excluding carboxylic acids is 2. The molecule has 1 aromatic rings. The van der Waals surface area contributed by atoms with Crippen LogP contribution in [0, 0.1) is 0 Å². The fraction of sp³-hybridized carbons (Fsp3) is 0.375. The third-order valence-corrected chi connectivity index (χ3v) is 3.03. The number of fused-ring (bicyclic) bond motifs is 1. The van der Waals surface area contributed by atoms with Crippen LogP contribution in [0.15, 0.2) is 18.2 Å². The molecule has 1 aromatic carbocycles. The maximum atomic E-state index is 11.9. The zero-order chi connectivity index (χ0) is 15.4. The van der Waals surface area contributed by atoms with Crippen molar-refractivity contribution in [2.45, 2.75) is 33.3 Å². The lowest BCUT2D eigenvalue weighted by molar-refractivity contribution is -0.131. The lowest BCUT2D eigenvalue weighted by Crippen LogP contribution is -2.17. The topological polar surface area (TPSA) is 61.8 Å². The molecule has 0 aromatic heterocycles. The predicted molar refractivity (Wildman–Crippen MR) is 77.4 cm³/mol. The first-order chi connectivity index (χ1) is 10.0. The molecule has 1 heterocycles. The van der Waals surface area contributed by atoms with Crippen molar-refractivity contribution in [3.05, 3.63) is 29.3 Å². The molecular weight excluding hydrogens is 272 g/mol. The molecule has 5 nitrogen and oxygen atoms in total. The van der Waals surface area contributed by atoms with E-state index in [4.69, 9.17) is 14.2 Å². The first-order valence-electron chi connectivity index (χ1n) is 6.93. The molecule has 0 radical (unpaired) electrons. The number of esters is 2. The SMILES string of the molecule is CCOC(=O)c1cc(OC(C)=O)c2c(c1)OC(CC)C=C2. The van der Waals surface area contributed by atoms with Crippen molar-refractivity contribution in [3.63, 3.8) is 0 Å². The number of hydrogen-bond donors (Lipinski definition) is 0. The van der Waals surface area contributed by atoms with Gasteiger partial charge in [0.1, 0.15) is 17.6 Å². The van der Waals surface area contributed by atoms with Crippen LogP contribution in [-0.2, 0) is 9.53 Å². The Bertz CT molecular complexity index is 589. The first-order valence-corrected chi connectivity index (χ1v) is 6.93. The van der Waals surface area contributed by atoms with Gasteiger partial charge in [-0.3, -0.25) is 4.79 Å². The fourth-order valence-corrected chi connectivity index (χ4v) is 2.06. The molecule has 1 atom stereocenters. The van der Waals surface area contributed by atoms with Crippen LogP contribution in [0.5, 0.6) is 11.5 Å². The van der Waals surface area contributed by atoms with Gasteiger partial charge >= 0.3 is 11.9 Å². The van der Waals surface area contributed by atoms with E-state index in [9.17, 15) is 9.59 Å². The predicted octanol–water partition coefficient (Wildman–Crippen LogP) is 2.97. The van der Waals surface area contributed by atoms with Crippen LogP contribution in [0.3, 0.4) is 0 Å². The summed E-state index contributed by atoms with van der Waals surface area (Å²) >= 11 is 0. The Morgan fingerprint density at radius 3 is 2.67 bits per heavy atom. The van der Waals surface area contributed by atoms with Crippen LogP contribution >= 0.6 is 0 Å². The van der Waals surface area contributed by atoms with Gasteiger partial charge in [0.2, 0.25) is 0 Å². The third-order valence-electron chi connectivity index (χ3n) is 3.03. The Labute approximate surface area is 123 Å². The third kappa shape index (κ3) is 3.42. The molecule has 1 unspecified atom stereocenters. The number of carbonyl (C=O) groups is 2. The van der Waals surface area contributed by atoms with Gasteiger partial charge < -0.3 is 14.2 Å². The van der Waals surface area contributed by atoms with Crippen LogP contribution < -0.4 is 9.47 Å². The molecule has 0 N–H and O–H groups in total. The number of benzene rings is 1. The summed E-state index contributed by atoms with van der Waals surface area (Å²) in [5.74, 6) is -0.107. The molecule has 0 spiro atoms. The molecule has 1 aliphatic heterocycles. The molecule has 0 aliphatic carbocycles. The van der Waals surface area contributed by atoms with Crippen molar-refractivity contribution in [1.82, 2.24) is 0 Å². The van der Waals surface area contributed by atoms with E-state index in [0.29, 0.717) is 22.6 Å². The van der Waals surface area contributed by atoms with E-state index in [1.807, 2.05) is 19.1 Å². The minimum absolute atomic E-state index is 0.0554. The maximum Gasteiger partial charge on any atom is 0.338 e. The van der Waals surface area contributed by atoms with Crippen LogP contribution in [0.2, 0.25) is 0 Å². The maximum absolute atomic E-state index is 11.9. The molecule has 21 heavy (non-hydrogen) atoms. The standard InChI is InChI=1S/C16H18O5/c1-4-12-6-7-13-14(20-10(3)17)8-11(9-15(13)21-12)16(18)19-5-2/h6-9,12H,4-5H2,1-3H3. The van der Waals surface area contributed by atoms with Gasteiger partial charge in [0.05, 0.1) is 17.7 Å². The van der Waals surface area contributed by atoms with Crippen LogP contribution in [-0.4, -0.2) is 24.6 Å². The van der Waals surface area contributed by atoms with Gasteiger partial charge in [0.15, 0.2) is 0 Å². The summed E-state index contributed by atoms with van der Waals surface area (Å²) in [6.07, 6.45) is 4.50. The van der Waals surface area contributed by atoms with Gasteiger partial charge in [-0.2, -0.15) is 0 Å². The normalized spacial score (nSPS) is 15.9. The highest BCUT2D eigenvalue weighted by Crippen LogP contribution is 2.36. The van der Waals surface area contributed by atoms with Crippen molar-refractivity contribution >= 4 is 18.0 Å². The van der Waals surface area contributed by atoms with Gasteiger partial charge in [-0.15, -0.1) is 0 Å². The second-order valence-electron chi connectivity index (χ2n) is 4.62. The lowest BCUT2D eigenvalue weighted by atomic mass is 10.0. The van der Waals surface area contributed by atoms with E-state index >= 15 is 0 Å². The highest BCUT2D eigenvalue weighted by Gasteiger charge is 2.21. The second kappa shape index (κ2) is 6.43. The van der Waals surface area contributed by atoms with Gasteiger partial charge in [-0.05, 0) is 37.6 Å². The minimum atomic E-state index is -0.472. The molecule has 1 aliphatic rings. The van der Waals surface area contributed by atoms with Crippen LogP contribution in [0.25, 0.3) is 6.08 Å². The summed E-state index contributed by atoms with van der Waals surface area (Å²) in [6, 6.07) is 3.12. The van der Waals surface area contributed by atoms with E-state index < -0.39 is 11.9 Å². The summed E-state index contributed by atoms with van der Waals surface area (Å²) in [6.45, 7) is 5.32. The Morgan fingerprint density at radius 2 is 2.05 bits per heavy atom. The van der Waals surface area contributed by atoms with Crippen molar-refractivity contribution in [3.8, 4) is 11.5 Å². The summed E-state index contributed by atoms with van der Waals surface area (Å²) in [5, 5.41) is 0. The quantitative estimate of drug-likeness (QED) is 0.630. The van der Waals surface area contributed by atoms with Gasteiger partial charge in [0.25, 0.3) is 0 Å². The lowest BCUT2D eigenvalue weighted by Gasteiger charge is -2.22. The zero-order valence-electron chi connectivity index (χ0n) is 12.3. The Balaban J connectivity index is 2.45. The highest BCUT2D eigenvalue weighted by molar-refractivity contribution is 5.92. The average molecular weight is 290 g/mol. The number of rotatable bonds is 4. The van der Waals surface area contributed by atoms with E-state index in [0.717, 1.165) is 6.42 Å². The zero-order valence-corrected chi connectivity index (χ0v) is 12.3. The molecular formula is C16H18O5. The van der Waals surface area contributed by atoms with E-state index in [1.165, 1.54) is 13.0 Å². The average Bonchev–Trinajstić information content (AvgIpc) is 2.46. The highest BCUT2D eigenvalue weighted by atomic mass is 16.5. The van der Waals surface area contributed by atoms with Gasteiger partial charge in [-0.25, -0.2) is 4.79 Å². The van der Waals surface area contributed by atoms with Crippen LogP contribution in [0.1, 0.15) is 43.1 Å². The molecule has 0 bridgehead atoms. The van der Waals surface area contributed by atoms with Crippen molar-refractivity contribution < 1.29 is 23.8 Å². The van der Waals surface area contributed by atoms with Crippen LogP contribution in [0.4, 0.5) is 0 Å². The van der Waals surface area contributed by atoms with Crippen molar-refractivity contribution in [1.29, 1.82) is 0 Å². The monoisotopic (exact) mass is 290 g/mol. The molecule has 5 heteroatoms. The summed E-state index contributed by atoms with van der Waals surface area (Å²) in [7, 11) is 0. The fourth-order valence-electron chi connectivity index (χ4n) is 2.06. The van der Waals surface area contributed by atoms with Crippen molar-refractivity contribution in [2.75, 3.05) is 6.61 Å². The van der Waals surface area contributed by atoms with E-state index in [2.05, 4.69) is 0 Å². The Hall–Kier alpha value is -2.30. The smallest absolute Gasteiger partial charge is 0.338 e. The first kappa shape index (κ1) is 15.1. The Morgan fingerprint density at radius 1 is 1.29 bits per heavy atom.